The minimum absolute atomic E-state index is 0.0653. The smallest absolute Gasteiger partial charge is 0.248 e. The minimum Gasteiger partial charge on any atom is -0.391 e. The number of anilines is 2. The van der Waals surface area contributed by atoms with Gasteiger partial charge in [-0.25, -0.2) is 0 Å². The van der Waals surface area contributed by atoms with E-state index in [1.54, 1.807) is 11.9 Å². The van der Waals surface area contributed by atoms with Crippen LogP contribution >= 0.6 is 0 Å². The van der Waals surface area contributed by atoms with E-state index in [0.29, 0.717) is 12.5 Å². The fourth-order valence-corrected chi connectivity index (χ4v) is 3.03. The Kier molecular flexibility index (Phi) is 3.18. The maximum absolute atomic E-state index is 11.9. The number of hydrogen-bond donors (Lipinski definition) is 2. The minimum atomic E-state index is -0.545. The van der Waals surface area contributed by atoms with Gasteiger partial charge in [0.05, 0.1) is 11.8 Å². The fraction of sp³-hybridized carbons (Fsp3) is 0.533. The average molecular weight is 275 g/mol. The van der Waals surface area contributed by atoms with Crippen LogP contribution in [0.4, 0.5) is 11.4 Å². The first-order chi connectivity index (χ1) is 9.49. The summed E-state index contributed by atoms with van der Waals surface area (Å²) in [6.07, 6.45) is 0.686. The molecule has 20 heavy (non-hydrogen) atoms. The van der Waals surface area contributed by atoms with E-state index >= 15 is 0 Å². The van der Waals surface area contributed by atoms with E-state index in [9.17, 15) is 9.90 Å². The van der Waals surface area contributed by atoms with Crippen molar-refractivity contribution in [1.82, 2.24) is 0 Å². The summed E-state index contributed by atoms with van der Waals surface area (Å²) in [6.45, 7) is 3.65. The molecular formula is C15H21N3O2. The number of piperidine rings is 1. The van der Waals surface area contributed by atoms with Crippen LogP contribution in [0.2, 0.25) is 0 Å². The zero-order chi connectivity index (χ0) is 14.4. The molecule has 0 bridgehead atoms. The number of carbonyl (C=O) groups excluding carboxylic acids is 1. The first kappa shape index (κ1) is 13.4. The monoisotopic (exact) mass is 275 g/mol. The molecule has 5 heteroatoms. The molecule has 2 aliphatic rings. The molecule has 1 amide bonds. The van der Waals surface area contributed by atoms with Crippen LogP contribution in [-0.4, -0.2) is 37.3 Å². The number of nitrogens with two attached hydrogens (primary N) is 1. The molecule has 0 aliphatic carbocycles. The lowest BCUT2D eigenvalue weighted by atomic mass is 9.95. The number of hydrogen-bond acceptors (Lipinski definition) is 4. The van der Waals surface area contributed by atoms with Crippen molar-refractivity contribution < 1.29 is 9.90 Å². The first-order valence-electron chi connectivity index (χ1n) is 7.09. The van der Waals surface area contributed by atoms with Crippen molar-refractivity contribution in [3.8, 4) is 0 Å². The predicted octanol–water partition coefficient (Wildman–Crippen LogP) is 0.870. The standard InChI is InChI=1S/C15H21N3O2/c1-9-5-6-18(8-13(9)19)10-3-4-11-12(7-10)17(2)15(20)14(11)16/h3-4,7,9,13-14,19H,5-6,8,16H2,1-2H3. The topological polar surface area (TPSA) is 69.8 Å². The Morgan fingerprint density at radius 1 is 1.40 bits per heavy atom. The molecule has 3 N–H and O–H groups in total. The lowest BCUT2D eigenvalue weighted by Gasteiger charge is -2.36. The third kappa shape index (κ3) is 1.98. The van der Waals surface area contributed by atoms with Gasteiger partial charge in [-0.05, 0) is 24.5 Å². The second kappa shape index (κ2) is 4.75. The second-order valence-electron chi connectivity index (χ2n) is 5.90. The average Bonchev–Trinajstić information content (AvgIpc) is 2.66. The summed E-state index contributed by atoms with van der Waals surface area (Å²) in [6, 6.07) is 5.38. The van der Waals surface area contributed by atoms with E-state index in [4.69, 9.17) is 5.73 Å². The molecule has 108 valence electrons. The normalized spacial score (nSPS) is 29.8. The molecule has 0 saturated carbocycles. The highest BCUT2D eigenvalue weighted by molar-refractivity contribution is 6.04. The summed E-state index contributed by atoms with van der Waals surface area (Å²) >= 11 is 0. The van der Waals surface area contributed by atoms with Gasteiger partial charge < -0.3 is 20.6 Å². The second-order valence-corrected chi connectivity index (χ2v) is 5.90. The number of carbonyl (C=O) groups is 1. The Balaban J connectivity index is 1.89. The third-order valence-electron chi connectivity index (χ3n) is 4.59. The van der Waals surface area contributed by atoms with Gasteiger partial charge in [0.15, 0.2) is 0 Å². The van der Waals surface area contributed by atoms with Crippen molar-refractivity contribution in [3.05, 3.63) is 23.8 Å². The van der Waals surface area contributed by atoms with Crippen molar-refractivity contribution in [1.29, 1.82) is 0 Å². The summed E-state index contributed by atoms with van der Waals surface area (Å²) in [5.41, 5.74) is 8.71. The van der Waals surface area contributed by atoms with E-state index < -0.39 is 6.04 Å². The molecular weight excluding hydrogens is 254 g/mol. The maximum Gasteiger partial charge on any atom is 0.248 e. The number of likely N-dealkylation sites (N-methyl/N-ethyl adjacent to an activating group) is 1. The number of rotatable bonds is 1. The van der Waals surface area contributed by atoms with E-state index in [2.05, 4.69) is 11.8 Å². The Morgan fingerprint density at radius 3 is 2.85 bits per heavy atom. The summed E-state index contributed by atoms with van der Waals surface area (Å²) in [7, 11) is 1.75. The lowest BCUT2D eigenvalue weighted by molar-refractivity contribution is -0.118. The highest BCUT2D eigenvalue weighted by Crippen LogP contribution is 2.37. The quantitative estimate of drug-likeness (QED) is 0.798. The number of benzene rings is 1. The number of aliphatic hydroxyl groups is 1. The van der Waals surface area contributed by atoms with Gasteiger partial charge in [0.2, 0.25) is 5.91 Å². The molecule has 1 fully saturated rings. The Hall–Kier alpha value is -1.59. The van der Waals surface area contributed by atoms with E-state index in [-0.39, 0.29) is 12.0 Å². The SMILES string of the molecule is CC1CCN(c2ccc3c(c2)N(C)C(=O)C3N)CC1O. The molecule has 2 aliphatic heterocycles. The van der Waals surface area contributed by atoms with Crippen LogP contribution in [0.25, 0.3) is 0 Å². The van der Waals surface area contributed by atoms with Crippen LogP contribution in [0.1, 0.15) is 24.9 Å². The van der Waals surface area contributed by atoms with Gasteiger partial charge in [-0.15, -0.1) is 0 Å². The highest BCUT2D eigenvalue weighted by Gasteiger charge is 2.33. The van der Waals surface area contributed by atoms with Crippen LogP contribution in [0.3, 0.4) is 0 Å². The number of nitrogens with zero attached hydrogens (tertiary/aromatic N) is 2. The maximum atomic E-state index is 11.9. The van der Waals surface area contributed by atoms with Gasteiger partial charge in [0, 0.05) is 31.4 Å². The zero-order valence-electron chi connectivity index (χ0n) is 11.9. The molecule has 2 heterocycles. The van der Waals surface area contributed by atoms with Crippen molar-refractivity contribution in [2.75, 3.05) is 29.9 Å². The fourth-order valence-electron chi connectivity index (χ4n) is 3.03. The molecule has 3 rings (SSSR count). The van der Waals surface area contributed by atoms with Crippen LogP contribution in [0.15, 0.2) is 18.2 Å². The zero-order valence-corrected chi connectivity index (χ0v) is 11.9. The van der Waals surface area contributed by atoms with Gasteiger partial charge in [-0.1, -0.05) is 13.0 Å². The van der Waals surface area contributed by atoms with Gasteiger partial charge in [-0.3, -0.25) is 4.79 Å². The summed E-state index contributed by atoms with van der Waals surface area (Å²) in [5, 5.41) is 10.0. The molecule has 5 nitrogen and oxygen atoms in total. The molecule has 0 spiro atoms. The van der Waals surface area contributed by atoms with Gasteiger partial charge in [-0.2, -0.15) is 0 Å². The lowest BCUT2D eigenvalue weighted by Crippen LogP contribution is -2.42. The number of fused-ring (bicyclic) bond motifs is 1. The number of amides is 1. The van der Waals surface area contributed by atoms with Crippen LogP contribution in [0.5, 0.6) is 0 Å². The van der Waals surface area contributed by atoms with Crippen molar-refractivity contribution in [2.24, 2.45) is 11.7 Å². The van der Waals surface area contributed by atoms with Gasteiger partial charge in [0.1, 0.15) is 6.04 Å². The van der Waals surface area contributed by atoms with Crippen molar-refractivity contribution in [3.63, 3.8) is 0 Å². The Bertz CT molecular complexity index is 546. The third-order valence-corrected chi connectivity index (χ3v) is 4.59. The summed E-state index contributed by atoms with van der Waals surface area (Å²) < 4.78 is 0. The summed E-state index contributed by atoms with van der Waals surface area (Å²) in [5.74, 6) is 0.280. The van der Waals surface area contributed by atoms with Gasteiger partial charge >= 0.3 is 0 Å². The van der Waals surface area contributed by atoms with Crippen LogP contribution in [0, 0.1) is 5.92 Å². The van der Waals surface area contributed by atoms with E-state index in [0.717, 1.165) is 29.9 Å². The molecule has 1 saturated heterocycles. The van der Waals surface area contributed by atoms with E-state index in [1.807, 2.05) is 18.2 Å². The Morgan fingerprint density at radius 2 is 2.15 bits per heavy atom. The molecule has 1 aromatic rings. The van der Waals surface area contributed by atoms with Gasteiger partial charge in [0.25, 0.3) is 0 Å². The largest absolute Gasteiger partial charge is 0.391 e. The highest BCUT2D eigenvalue weighted by atomic mass is 16.3. The Labute approximate surface area is 119 Å². The number of aliphatic hydroxyl groups excluding tert-OH is 1. The van der Waals surface area contributed by atoms with Crippen LogP contribution in [-0.2, 0) is 4.79 Å². The van der Waals surface area contributed by atoms with Crippen molar-refractivity contribution >= 4 is 17.3 Å². The molecule has 3 atom stereocenters. The number of β-amino-alcohol motifs (C(OH)–C–C–N with tert-alkyl or cyclic N) is 1. The molecule has 0 aromatic heterocycles. The summed E-state index contributed by atoms with van der Waals surface area (Å²) in [4.78, 5) is 15.7. The van der Waals surface area contributed by atoms with Crippen LogP contribution < -0.4 is 15.5 Å². The molecule has 1 aromatic carbocycles. The molecule has 3 unspecified atom stereocenters. The van der Waals surface area contributed by atoms with E-state index in [1.165, 1.54) is 0 Å². The molecule has 0 radical (unpaired) electrons. The first-order valence-corrected chi connectivity index (χ1v) is 7.09. The predicted molar refractivity (Wildman–Crippen MR) is 78.8 cm³/mol. The van der Waals surface area contributed by atoms with Crippen molar-refractivity contribution in [2.45, 2.75) is 25.5 Å².